The van der Waals surface area contributed by atoms with Gasteiger partial charge in [-0.2, -0.15) is 0 Å². The van der Waals surface area contributed by atoms with Crippen LogP contribution >= 0.6 is 11.3 Å². The van der Waals surface area contributed by atoms with Crippen molar-refractivity contribution in [1.29, 1.82) is 0 Å². The number of hydrogen-bond donors (Lipinski definition) is 2. The van der Waals surface area contributed by atoms with Crippen molar-refractivity contribution in [2.45, 2.75) is 26.4 Å². The zero-order valence-corrected chi connectivity index (χ0v) is 13.0. The third-order valence-corrected chi connectivity index (χ3v) is 4.08. The van der Waals surface area contributed by atoms with E-state index in [2.05, 4.69) is 10.3 Å². The van der Waals surface area contributed by atoms with Crippen molar-refractivity contribution in [2.24, 2.45) is 0 Å². The first-order valence-electron chi connectivity index (χ1n) is 6.54. The summed E-state index contributed by atoms with van der Waals surface area (Å²) in [5.41, 5.74) is 1.55. The van der Waals surface area contributed by atoms with Gasteiger partial charge in [-0.25, -0.2) is 4.98 Å². The number of aliphatic carboxylic acids is 1. The lowest BCUT2D eigenvalue weighted by molar-refractivity contribution is -0.139. The van der Waals surface area contributed by atoms with Gasteiger partial charge in [0.2, 0.25) is 0 Å². The number of carbonyl (C=O) groups is 1. The highest BCUT2D eigenvalue weighted by Crippen LogP contribution is 2.21. The lowest BCUT2D eigenvalue weighted by atomic mass is 10.1. The van der Waals surface area contributed by atoms with E-state index in [1.54, 1.807) is 42.7 Å². The highest BCUT2D eigenvalue weighted by atomic mass is 32.1. The number of aryl methyl sites for hydroxylation is 2. The molecule has 21 heavy (non-hydrogen) atoms. The first-order valence-corrected chi connectivity index (χ1v) is 7.36. The molecule has 0 aliphatic heterocycles. The van der Waals surface area contributed by atoms with E-state index < -0.39 is 12.0 Å². The molecule has 6 heteroatoms. The predicted molar refractivity (Wildman–Crippen MR) is 81.8 cm³/mol. The summed E-state index contributed by atoms with van der Waals surface area (Å²) in [6.45, 7) is 4.35. The molecule has 1 aromatic carbocycles. The van der Waals surface area contributed by atoms with Crippen LogP contribution < -0.4 is 10.1 Å². The monoisotopic (exact) mass is 306 g/mol. The first-order chi connectivity index (χ1) is 10.0. The van der Waals surface area contributed by atoms with Crippen LogP contribution in [-0.2, 0) is 11.3 Å². The summed E-state index contributed by atoms with van der Waals surface area (Å²) in [5.74, 6) is -0.283. The van der Waals surface area contributed by atoms with E-state index in [4.69, 9.17) is 4.74 Å². The van der Waals surface area contributed by atoms with Crippen LogP contribution in [0.2, 0.25) is 0 Å². The number of methoxy groups -OCH3 is 1. The summed E-state index contributed by atoms with van der Waals surface area (Å²) >= 11 is 1.61. The Balaban J connectivity index is 2.16. The van der Waals surface area contributed by atoms with E-state index in [1.807, 2.05) is 13.8 Å². The molecule has 0 bridgehead atoms. The summed E-state index contributed by atoms with van der Waals surface area (Å²) < 4.78 is 5.14. The second-order valence-electron chi connectivity index (χ2n) is 4.66. The molecular weight excluding hydrogens is 288 g/mol. The standard InChI is InChI=1S/C15H18N2O3S/c1-9-13(17-10(2)21-9)8-16-14(15(18)19)11-5-4-6-12(7-11)20-3/h4-7,14,16H,8H2,1-3H3,(H,18,19). The van der Waals surface area contributed by atoms with Crippen molar-refractivity contribution in [1.82, 2.24) is 10.3 Å². The van der Waals surface area contributed by atoms with Gasteiger partial charge in [-0.3, -0.25) is 10.1 Å². The van der Waals surface area contributed by atoms with Crippen molar-refractivity contribution in [3.63, 3.8) is 0 Å². The second kappa shape index (κ2) is 6.69. The Morgan fingerprint density at radius 2 is 2.24 bits per heavy atom. The fraction of sp³-hybridized carbons (Fsp3) is 0.333. The van der Waals surface area contributed by atoms with Crippen LogP contribution in [-0.4, -0.2) is 23.2 Å². The molecule has 1 heterocycles. The molecule has 0 fully saturated rings. The summed E-state index contributed by atoms with van der Waals surface area (Å²) in [6, 6.07) is 6.28. The number of carboxylic acid groups (broad SMARTS) is 1. The van der Waals surface area contributed by atoms with Crippen LogP contribution in [0.4, 0.5) is 0 Å². The molecule has 0 radical (unpaired) electrons. The van der Waals surface area contributed by atoms with E-state index in [-0.39, 0.29) is 0 Å². The van der Waals surface area contributed by atoms with Crippen LogP contribution in [0.25, 0.3) is 0 Å². The largest absolute Gasteiger partial charge is 0.497 e. The third-order valence-electron chi connectivity index (χ3n) is 3.15. The number of hydrogen-bond acceptors (Lipinski definition) is 5. The van der Waals surface area contributed by atoms with Crippen LogP contribution in [0.5, 0.6) is 5.75 Å². The Hall–Kier alpha value is -1.92. The van der Waals surface area contributed by atoms with Gasteiger partial charge in [-0.1, -0.05) is 12.1 Å². The van der Waals surface area contributed by atoms with E-state index in [1.165, 1.54) is 0 Å². The molecule has 0 saturated heterocycles. The third kappa shape index (κ3) is 3.80. The smallest absolute Gasteiger partial charge is 0.325 e. The molecule has 1 unspecified atom stereocenters. The normalized spacial score (nSPS) is 12.1. The van der Waals surface area contributed by atoms with Crippen LogP contribution in [0.3, 0.4) is 0 Å². The van der Waals surface area contributed by atoms with Gasteiger partial charge in [0.1, 0.15) is 11.8 Å². The lowest BCUT2D eigenvalue weighted by Crippen LogP contribution is -2.28. The molecule has 0 amide bonds. The molecule has 2 aromatic rings. The number of aromatic nitrogens is 1. The van der Waals surface area contributed by atoms with Gasteiger partial charge in [0.05, 0.1) is 17.8 Å². The highest BCUT2D eigenvalue weighted by Gasteiger charge is 2.20. The summed E-state index contributed by atoms with van der Waals surface area (Å²) in [6.07, 6.45) is 0. The predicted octanol–water partition coefficient (Wildman–Crippen LogP) is 2.68. The Labute approximate surface area is 127 Å². The van der Waals surface area contributed by atoms with Crippen LogP contribution in [0, 0.1) is 13.8 Å². The van der Waals surface area contributed by atoms with Gasteiger partial charge < -0.3 is 9.84 Å². The molecule has 1 atom stereocenters. The Kier molecular flexibility index (Phi) is 4.93. The van der Waals surface area contributed by atoms with Gasteiger partial charge in [-0.15, -0.1) is 11.3 Å². The molecule has 1 aromatic heterocycles. The van der Waals surface area contributed by atoms with Crippen molar-refractivity contribution in [3.8, 4) is 5.75 Å². The summed E-state index contributed by atoms with van der Waals surface area (Å²) in [4.78, 5) is 17.0. The Bertz CT molecular complexity index is 640. The molecule has 112 valence electrons. The zero-order chi connectivity index (χ0) is 15.4. The van der Waals surface area contributed by atoms with Gasteiger partial charge in [0.15, 0.2) is 0 Å². The fourth-order valence-corrected chi connectivity index (χ4v) is 2.94. The molecule has 2 N–H and O–H groups in total. The maximum Gasteiger partial charge on any atom is 0.325 e. The number of rotatable bonds is 6. The van der Waals surface area contributed by atoms with Gasteiger partial charge in [0.25, 0.3) is 0 Å². The number of thiazole rings is 1. The van der Waals surface area contributed by atoms with Crippen molar-refractivity contribution in [3.05, 3.63) is 45.4 Å². The highest BCUT2D eigenvalue weighted by molar-refractivity contribution is 7.11. The molecule has 0 saturated carbocycles. The average Bonchev–Trinajstić information content (AvgIpc) is 2.77. The summed E-state index contributed by atoms with van der Waals surface area (Å²) in [5, 5.41) is 13.5. The van der Waals surface area contributed by atoms with Crippen LogP contribution in [0.15, 0.2) is 24.3 Å². The van der Waals surface area contributed by atoms with Gasteiger partial charge in [-0.05, 0) is 31.5 Å². The lowest BCUT2D eigenvalue weighted by Gasteiger charge is -2.15. The number of carboxylic acids is 1. The maximum absolute atomic E-state index is 11.5. The fourth-order valence-electron chi connectivity index (χ4n) is 2.10. The number of nitrogens with zero attached hydrogens (tertiary/aromatic N) is 1. The minimum Gasteiger partial charge on any atom is -0.497 e. The minimum atomic E-state index is -0.923. The Morgan fingerprint density at radius 3 is 2.81 bits per heavy atom. The molecule has 0 aliphatic rings. The molecule has 5 nitrogen and oxygen atoms in total. The second-order valence-corrected chi connectivity index (χ2v) is 6.07. The SMILES string of the molecule is COc1cccc(C(NCc2nc(C)sc2C)C(=O)O)c1. The molecular formula is C15H18N2O3S. The van der Waals surface area contributed by atoms with E-state index in [0.717, 1.165) is 15.6 Å². The quantitative estimate of drug-likeness (QED) is 0.858. The maximum atomic E-state index is 11.5. The Morgan fingerprint density at radius 1 is 1.48 bits per heavy atom. The van der Waals surface area contributed by atoms with Crippen molar-refractivity contribution in [2.75, 3.05) is 7.11 Å². The van der Waals surface area contributed by atoms with E-state index >= 15 is 0 Å². The van der Waals surface area contributed by atoms with Crippen LogP contribution in [0.1, 0.15) is 27.2 Å². The molecule has 0 spiro atoms. The summed E-state index contributed by atoms with van der Waals surface area (Å²) in [7, 11) is 1.56. The molecule has 2 rings (SSSR count). The van der Waals surface area contributed by atoms with Gasteiger partial charge >= 0.3 is 5.97 Å². The minimum absolute atomic E-state index is 0.421. The van der Waals surface area contributed by atoms with E-state index in [9.17, 15) is 9.90 Å². The average molecular weight is 306 g/mol. The van der Waals surface area contributed by atoms with Crippen molar-refractivity contribution >= 4 is 17.3 Å². The van der Waals surface area contributed by atoms with Gasteiger partial charge in [0, 0.05) is 11.4 Å². The van der Waals surface area contributed by atoms with Crippen molar-refractivity contribution < 1.29 is 14.6 Å². The number of nitrogens with one attached hydrogen (secondary N) is 1. The molecule has 0 aliphatic carbocycles. The topological polar surface area (TPSA) is 71.5 Å². The number of ether oxygens (including phenoxy) is 1. The first kappa shape index (κ1) is 15.5. The zero-order valence-electron chi connectivity index (χ0n) is 12.2. The number of benzene rings is 1. The van der Waals surface area contributed by atoms with E-state index in [0.29, 0.717) is 17.9 Å².